The van der Waals surface area contributed by atoms with Crippen LogP contribution in [0.25, 0.3) is 0 Å². The van der Waals surface area contributed by atoms with Gasteiger partial charge in [0.25, 0.3) is 0 Å². The van der Waals surface area contributed by atoms with Crippen molar-refractivity contribution in [3.05, 3.63) is 16.1 Å². The quantitative estimate of drug-likeness (QED) is 0.929. The third-order valence-corrected chi connectivity index (χ3v) is 5.04. The molecule has 0 saturated carbocycles. The normalized spacial score (nSPS) is 21.2. The maximum absolute atomic E-state index is 12.2. The van der Waals surface area contributed by atoms with Crippen molar-refractivity contribution in [3.8, 4) is 0 Å². The molecular weight excluding hydrogens is 272 g/mol. The molecule has 0 aliphatic carbocycles. The largest absolute Gasteiger partial charge is 0.392 e. The lowest BCUT2D eigenvalue weighted by Gasteiger charge is -2.32. The highest BCUT2D eigenvalue weighted by Crippen LogP contribution is 2.29. The molecule has 4 nitrogen and oxygen atoms in total. The van der Waals surface area contributed by atoms with Crippen molar-refractivity contribution in [1.82, 2.24) is 9.88 Å². The number of rotatable bonds is 4. The molecule has 1 fully saturated rings. The third kappa shape index (κ3) is 3.79. The average molecular weight is 296 g/mol. The average Bonchev–Trinajstić information content (AvgIpc) is 2.85. The Balaban J connectivity index is 1.94. The molecule has 2 unspecified atom stereocenters. The molecule has 1 saturated heterocycles. The Morgan fingerprint density at radius 2 is 2.35 bits per heavy atom. The van der Waals surface area contributed by atoms with E-state index in [-0.39, 0.29) is 18.2 Å². The summed E-state index contributed by atoms with van der Waals surface area (Å²) in [6, 6.07) is 0. The third-order valence-electron chi connectivity index (χ3n) is 3.91. The topological polar surface area (TPSA) is 53.4 Å². The fourth-order valence-electron chi connectivity index (χ4n) is 2.51. The van der Waals surface area contributed by atoms with Gasteiger partial charge in [-0.3, -0.25) is 4.79 Å². The molecule has 0 bridgehead atoms. The van der Waals surface area contributed by atoms with Crippen LogP contribution in [0, 0.1) is 12.8 Å². The number of nitrogens with zero attached hydrogens (tertiary/aromatic N) is 2. The minimum atomic E-state index is -0.537. The summed E-state index contributed by atoms with van der Waals surface area (Å²) in [5.74, 6) is 0.563. The van der Waals surface area contributed by atoms with Gasteiger partial charge in [0.1, 0.15) is 0 Å². The number of amides is 1. The lowest BCUT2D eigenvalue weighted by atomic mass is 9.97. The zero-order chi connectivity index (χ0) is 14.7. The Labute approximate surface area is 124 Å². The van der Waals surface area contributed by atoms with Gasteiger partial charge in [0.2, 0.25) is 5.91 Å². The van der Waals surface area contributed by atoms with E-state index < -0.39 is 6.10 Å². The number of aliphatic hydroxyl groups is 1. The molecule has 2 heterocycles. The molecule has 5 heteroatoms. The van der Waals surface area contributed by atoms with Crippen molar-refractivity contribution in [3.63, 3.8) is 0 Å². The van der Waals surface area contributed by atoms with Gasteiger partial charge in [-0.05, 0) is 25.7 Å². The molecular formula is C15H24N2O2S. The fourth-order valence-corrected chi connectivity index (χ4v) is 3.43. The van der Waals surface area contributed by atoms with E-state index in [4.69, 9.17) is 0 Å². The van der Waals surface area contributed by atoms with Crippen LogP contribution in [0.5, 0.6) is 0 Å². The van der Waals surface area contributed by atoms with Crippen LogP contribution in [-0.4, -0.2) is 40.1 Å². The van der Waals surface area contributed by atoms with E-state index in [1.165, 1.54) is 0 Å². The van der Waals surface area contributed by atoms with Crippen molar-refractivity contribution in [1.29, 1.82) is 0 Å². The lowest BCUT2D eigenvalue weighted by Crippen LogP contribution is -2.41. The summed E-state index contributed by atoms with van der Waals surface area (Å²) in [6.45, 7) is 7.44. The van der Waals surface area contributed by atoms with Crippen molar-refractivity contribution < 1.29 is 9.90 Å². The van der Waals surface area contributed by atoms with Crippen LogP contribution in [0.2, 0.25) is 0 Å². The van der Waals surface area contributed by atoms with Crippen LogP contribution in [0.1, 0.15) is 49.7 Å². The number of carbonyl (C=O) groups excluding carboxylic acids is 1. The predicted octanol–water partition coefficient (Wildman–Crippen LogP) is 2.56. The van der Waals surface area contributed by atoms with Crippen LogP contribution in [0.15, 0.2) is 5.38 Å². The molecule has 1 aromatic heterocycles. The van der Waals surface area contributed by atoms with Crippen molar-refractivity contribution in [2.75, 3.05) is 13.1 Å². The van der Waals surface area contributed by atoms with Gasteiger partial charge >= 0.3 is 0 Å². The lowest BCUT2D eigenvalue weighted by molar-refractivity contribution is -0.135. The second-order valence-corrected chi connectivity index (χ2v) is 6.91. The minimum absolute atomic E-state index is 0.0733. The summed E-state index contributed by atoms with van der Waals surface area (Å²) in [5, 5.41) is 13.1. The first-order valence-corrected chi connectivity index (χ1v) is 8.23. The molecule has 1 aliphatic heterocycles. The number of piperidine rings is 1. The number of carbonyl (C=O) groups is 1. The van der Waals surface area contributed by atoms with E-state index in [0.717, 1.165) is 36.6 Å². The molecule has 0 radical (unpaired) electrons. The Morgan fingerprint density at radius 3 is 2.95 bits per heavy atom. The molecule has 0 spiro atoms. The zero-order valence-corrected chi connectivity index (χ0v) is 13.3. The van der Waals surface area contributed by atoms with Gasteiger partial charge in [-0.2, -0.15) is 0 Å². The summed E-state index contributed by atoms with van der Waals surface area (Å²) < 4.78 is 0. The number of aromatic nitrogens is 1. The second-order valence-electron chi connectivity index (χ2n) is 6.02. The van der Waals surface area contributed by atoms with E-state index in [1.54, 1.807) is 11.3 Å². The van der Waals surface area contributed by atoms with Gasteiger partial charge in [-0.1, -0.05) is 13.8 Å². The smallest absolute Gasteiger partial charge is 0.225 e. The maximum atomic E-state index is 12.2. The molecule has 0 aromatic carbocycles. The monoisotopic (exact) mass is 296 g/mol. The maximum Gasteiger partial charge on any atom is 0.225 e. The number of likely N-dealkylation sites (tertiary alicyclic amines) is 1. The molecule has 1 aromatic rings. The summed E-state index contributed by atoms with van der Waals surface area (Å²) in [5.41, 5.74) is 1.06. The number of thiazole rings is 1. The highest BCUT2D eigenvalue weighted by molar-refractivity contribution is 7.09. The van der Waals surface area contributed by atoms with Gasteiger partial charge < -0.3 is 10.0 Å². The highest BCUT2D eigenvalue weighted by Gasteiger charge is 2.27. The number of aryl methyl sites for hydroxylation is 1. The predicted molar refractivity (Wildman–Crippen MR) is 80.9 cm³/mol. The van der Waals surface area contributed by atoms with E-state index in [1.807, 2.05) is 25.7 Å². The van der Waals surface area contributed by atoms with Gasteiger partial charge in [0.05, 0.1) is 17.5 Å². The fraction of sp³-hybridized carbons (Fsp3) is 0.733. The number of aliphatic hydroxyl groups excluding tert-OH is 1. The molecule has 20 heavy (non-hydrogen) atoms. The Morgan fingerprint density at radius 1 is 1.60 bits per heavy atom. The first kappa shape index (κ1) is 15.4. The van der Waals surface area contributed by atoms with Crippen LogP contribution in [0.4, 0.5) is 0 Å². The van der Waals surface area contributed by atoms with Crippen LogP contribution >= 0.6 is 11.3 Å². The first-order chi connectivity index (χ1) is 9.47. The molecule has 1 aliphatic rings. The van der Waals surface area contributed by atoms with Crippen LogP contribution < -0.4 is 0 Å². The van der Waals surface area contributed by atoms with Crippen molar-refractivity contribution in [2.45, 2.75) is 52.1 Å². The Kier molecular flexibility index (Phi) is 5.16. The van der Waals surface area contributed by atoms with Crippen molar-refractivity contribution >= 4 is 17.2 Å². The SMILES string of the molecule is Cc1csc(C2CCCN(C(=O)CC(O)C(C)C)C2)n1. The summed E-state index contributed by atoms with van der Waals surface area (Å²) in [7, 11) is 0. The zero-order valence-electron chi connectivity index (χ0n) is 12.5. The van der Waals surface area contributed by atoms with Gasteiger partial charge in [-0.25, -0.2) is 4.98 Å². The van der Waals surface area contributed by atoms with Gasteiger partial charge in [-0.15, -0.1) is 11.3 Å². The number of hydrogen-bond donors (Lipinski definition) is 1. The standard InChI is InChI=1S/C15H24N2O2S/c1-10(2)13(18)7-14(19)17-6-4-5-12(8-17)15-16-11(3)9-20-15/h9-10,12-13,18H,4-8H2,1-3H3. The summed E-state index contributed by atoms with van der Waals surface area (Å²) >= 11 is 1.69. The minimum Gasteiger partial charge on any atom is -0.392 e. The number of hydrogen-bond acceptors (Lipinski definition) is 4. The molecule has 1 amide bonds. The van der Waals surface area contributed by atoms with Crippen LogP contribution in [-0.2, 0) is 4.79 Å². The molecule has 2 rings (SSSR count). The summed E-state index contributed by atoms with van der Waals surface area (Å²) in [6.07, 6.45) is 1.82. The van der Waals surface area contributed by atoms with Gasteiger partial charge in [0, 0.05) is 30.1 Å². The molecule has 112 valence electrons. The summed E-state index contributed by atoms with van der Waals surface area (Å²) in [4.78, 5) is 18.7. The molecule has 1 N–H and O–H groups in total. The van der Waals surface area contributed by atoms with Crippen molar-refractivity contribution in [2.24, 2.45) is 5.92 Å². The van der Waals surface area contributed by atoms with Crippen LogP contribution in [0.3, 0.4) is 0 Å². The first-order valence-electron chi connectivity index (χ1n) is 7.35. The van der Waals surface area contributed by atoms with Gasteiger partial charge in [0.15, 0.2) is 0 Å². The van der Waals surface area contributed by atoms with E-state index in [0.29, 0.717) is 5.92 Å². The highest BCUT2D eigenvalue weighted by atomic mass is 32.1. The van der Waals surface area contributed by atoms with E-state index in [2.05, 4.69) is 10.4 Å². The van der Waals surface area contributed by atoms with E-state index >= 15 is 0 Å². The second kappa shape index (κ2) is 6.68. The van der Waals surface area contributed by atoms with E-state index in [9.17, 15) is 9.90 Å². The molecule has 2 atom stereocenters. The Bertz CT molecular complexity index is 458. The Hall–Kier alpha value is -0.940.